The second kappa shape index (κ2) is 5.90. The lowest BCUT2D eigenvalue weighted by Gasteiger charge is -2.12. The number of urea groups is 1. The summed E-state index contributed by atoms with van der Waals surface area (Å²) in [6.07, 6.45) is 0. The summed E-state index contributed by atoms with van der Waals surface area (Å²) >= 11 is 4.55. The third-order valence-electron chi connectivity index (χ3n) is 1.90. The number of aryl methyl sites for hydroxylation is 1. The SMILES string of the molecule is COc1ccc(C)cc1NC(=O)NNC(N)=S. The molecule has 0 spiro atoms. The van der Waals surface area contributed by atoms with E-state index in [1.54, 1.807) is 12.1 Å². The minimum Gasteiger partial charge on any atom is -0.495 e. The number of benzene rings is 1. The van der Waals surface area contributed by atoms with E-state index in [-0.39, 0.29) is 5.11 Å². The molecule has 0 fully saturated rings. The Bertz CT molecular complexity index is 436. The average molecular weight is 254 g/mol. The normalized spacial score (nSPS) is 9.29. The van der Waals surface area contributed by atoms with Crippen molar-refractivity contribution in [1.29, 1.82) is 0 Å². The maximum Gasteiger partial charge on any atom is 0.338 e. The third kappa shape index (κ3) is 4.15. The number of methoxy groups -OCH3 is 1. The quantitative estimate of drug-likeness (QED) is 0.464. The van der Waals surface area contributed by atoms with Gasteiger partial charge in [-0.1, -0.05) is 6.07 Å². The summed E-state index contributed by atoms with van der Waals surface area (Å²) in [6.45, 7) is 1.91. The highest BCUT2D eigenvalue weighted by Gasteiger charge is 2.07. The van der Waals surface area contributed by atoms with Gasteiger partial charge in [0.1, 0.15) is 5.75 Å². The molecule has 0 atom stereocenters. The number of ether oxygens (including phenoxy) is 1. The molecule has 7 heteroatoms. The van der Waals surface area contributed by atoms with E-state index < -0.39 is 6.03 Å². The molecule has 17 heavy (non-hydrogen) atoms. The summed E-state index contributed by atoms with van der Waals surface area (Å²) in [7, 11) is 1.53. The summed E-state index contributed by atoms with van der Waals surface area (Å²) in [4.78, 5) is 11.4. The van der Waals surface area contributed by atoms with Crippen molar-refractivity contribution in [2.24, 2.45) is 5.73 Å². The molecule has 0 aliphatic carbocycles. The third-order valence-corrected chi connectivity index (χ3v) is 2.00. The molecule has 1 aromatic carbocycles. The molecule has 2 amide bonds. The standard InChI is InChI=1S/C10H14N4O2S/c1-6-3-4-8(16-2)7(5-6)12-10(15)14-13-9(11)17/h3-5H,1-2H3,(H3,11,13,17)(H2,12,14,15). The largest absolute Gasteiger partial charge is 0.495 e. The zero-order chi connectivity index (χ0) is 12.8. The van der Waals surface area contributed by atoms with Crippen LogP contribution in [0.15, 0.2) is 18.2 Å². The smallest absolute Gasteiger partial charge is 0.338 e. The molecule has 0 heterocycles. The Labute approximate surface area is 104 Å². The first-order valence-corrected chi connectivity index (χ1v) is 5.21. The highest BCUT2D eigenvalue weighted by Crippen LogP contribution is 2.24. The second-order valence-electron chi connectivity index (χ2n) is 3.27. The number of hydrogen-bond donors (Lipinski definition) is 4. The maximum absolute atomic E-state index is 11.4. The van der Waals surface area contributed by atoms with Crippen molar-refractivity contribution < 1.29 is 9.53 Å². The van der Waals surface area contributed by atoms with Gasteiger partial charge in [0.25, 0.3) is 0 Å². The van der Waals surface area contributed by atoms with Gasteiger partial charge >= 0.3 is 6.03 Å². The van der Waals surface area contributed by atoms with Crippen LogP contribution >= 0.6 is 12.2 Å². The summed E-state index contributed by atoms with van der Waals surface area (Å²) in [5, 5.41) is 2.59. The lowest BCUT2D eigenvalue weighted by molar-refractivity contribution is 0.250. The predicted molar refractivity (Wildman–Crippen MR) is 69.8 cm³/mol. The molecule has 6 nitrogen and oxygen atoms in total. The zero-order valence-electron chi connectivity index (χ0n) is 9.53. The van der Waals surface area contributed by atoms with Crippen LogP contribution in [0.2, 0.25) is 0 Å². The summed E-state index contributed by atoms with van der Waals surface area (Å²) in [5.41, 5.74) is 11.3. The van der Waals surface area contributed by atoms with E-state index in [1.165, 1.54) is 7.11 Å². The molecule has 1 aromatic rings. The molecule has 0 aromatic heterocycles. The summed E-state index contributed by atoms with van der Waals surface area (Å²) in [5.74, 6) is 0.570. The van der Waals surface area contributed by atoms with E-state index in [0.717, 1.165) is 5.56 Å². The Balaban J connectivity index is 2.69. The highest BCUT2D eigenvalue weighted by atomic mass is 32.1. The van der Waals surface area contributed by atoms with Crippen molar-refractivity contribution in [3.63, 3.8) is 0 Å². The number of carbonyl (C=O) groups is 1. The Kier molecular flexibility index (Phi) is 4.53. The first-order valence-electron chi connectivity index (χ1n) is 4.80. The minimum absolute atomic E-state index is 0.0173. The zero-order valence-corrected chi connectivity index (χ0v) is 10.4. The number of nitrogens with one attached hydrogen (secondary N) is 3. The number of hydrazine groups is 1. The van der Waals surface area contributed by atoms with Gasteiger partial charge < -0.3 is 15.8 Å². The minimum atomic E-state index is -0.485. The Morgan fingerprint density at radius 2 is 2.12 bits per heavy atom. The molecule has 0 saturated heterocycles. The lowest BCUT2D eigenvalue weighted by Crippen LogP contribution is -2.46. The predicted octanol–water partition coefficient (Wildman–Crippen LogP) is 0.873. The fourth-order valence-corrected chi connectivity index (χ4v) is 1.24. The van der Waals surface area contributed by atoms with E-state index in [2.05, 4.69) is 28.4 Å². The van der Waals surface area contributed by atoms with Gasteiger partial charge in [0.2, 0.25) is 0 Å². The molecule has 5 N–H and O–H groups in total. The topological polar surface area (TPSA) is 88.4 Å². The van der Waals surface area contributed by atoms with Crippen molar-refractivity contribution in [1.82, 2.24) is 10.9 Å². The summed E-state index contributed by atoms with van der Waals surface area (Å²) in [6, 6.07) is 4.96. The molecule has 0 unspecified atom stereocenters. The molecule has 0 radical (unpaired) electrons. The number of anilines is 1. The number of nitrogens with two attached hydrogens (primary N) is 1. The maximum atomic E-state index is 11.4. The Morgan fingerprint density at radius 3 is 2.71 bits per heavy atom. The number of rotatable bonds is 2. The van der Waals surface area contributed by atoms with E-state index in [1.807, 2.05) is 13.0 Å². The molecular formula is C10H14N4O2S. The van der Waals surface area contributed by atoms with Gasteiger partial charge in [0.15, 0.2) is 5.11 Å². The van der Waals surface area contributed by atoms with E-state index in [9.17, 15) is 4.79 Å². The number of carbonyl (C=O) groups excluding carboxylic acids is 1. The Morgan fingerprint density at radius 1 is 1.41 bits per heavy atom. The average Bonchev–Trinajstić information content (AvgIpc) is 2.27. The lowest BCUT2D eigenvalue weighted by atomic mass is 10.2. The van der Waals surface area contributed by atoms with Gasteiger partial charge in [-0.3, -0.25) is 5.43 Å². The molecular weight excluding hydrogens is 240 g/mol. The van der Waals surface area contributed by atoms with Crippen LogP contribution in [0.25, 0.3) is 0 Å². The monoisotopic (exact) mass is 254 g/mol. The van der Waals surface area contributed by atoms with Crippen molar-refractivity contribution in [3.8, 4) is 5.75 Å². The number of thiocarbonyl (C=S) groups is 1. The van der Waals surface area contributed by atoms with Crippen LogP contribution in [-0.4, -0.2) is 18.3 Å². The van der Waals surface area contributed by atoms with Crippen LogP contribution in [0.5, 0.6) is 5.75 Å². The molecule has 0 aliphatic heterocycles. The number of amides is 2. The van der Waals surface area contributed by atoms with Gasteiger partial charge in [-0.05, 0) is 36.8 Å². The van der Waals surface area contributed by atoms with Gasteiger partial charge in [-0.2, -0.15) is 0 Å². The van der Waals surface area contributed by atoms with E-state index >= 15 is 0 Å². The molecule has 0 aliphatic rings. The van der Waals surface area contributed by atoms with Gasteiger partial charge in [0.05, 0.1) is 12.8 Å². The second-order valence-corrected chi connectivity index (χ2v) is 3.71. The van der Waals surface area contributed by atoms with Crippen molar-refractivity contribution >= 4 is 29.0 Å². The highest BCUT2D eigenvalue weighted by molar-refractivity contribution is 7.80. The van der Waals surface area contributed by atoms with Crippen molar-refractivity contribution in [3.05, 3.63) is 23.8 Å². The van der Waals surface area contributed by atoms with Crippen molar-refractivity contribution in [2.75, 3.05) is 12.4 Å². The molecule has 1 rings (SSSR count). The molecule has 0 saturated carbocycles. The van der Waals surface area contributed by atoms with Crippen LogP contribution in [0.3, 0.4) is 0 Å². The molecule has 0 bridgehead atoms. The van der Waals surface area contributed by atoms with Crippen LogP contribution in [0.4, 0.5) is 10.5 Å². The van der Waals surface area contributed by atoms with Crippen LogP contribution in [-0.2, 0) is 0 Å². The van der Waals surface area contributed by atoms with Gasteiger partial charge in [-0.15, -0.1) is 0 Å². The fraction of sp³-hybridized carbons (Fsp3) is 0.200. The fourth-order valence-electron chi connectivity index (χ4n) is 1.19. The number of hydrogen-bond acceptors (Lipinski definition) is 3. The van der Waals surface area contributed by atoms with Gasteiger partial charge in [-0.25, -0.2) is 10.2 Å². The summed E-state index contributed by atoms with van der Waals surface area (Å²) < 4.78 is 5.11. The van der Waals surface area contributed by atoms with E-state index in [4.69, 9.17) is 10.5 Å². The first-order chi connectivity index (χ1) is 8.02. The Hall–Kier alpha value is -2.02. The molecule has 92 valence electrons. The van der Waals surface area contributed by atoms with Crippen LogP contribution in [0, 0.1) is 6.92 Å². The van der Waals surface area contributed by atoms with Gasteiger partial charge in [0, 0.05) is 0 Å². The van der Waals surface area contributed by atoms with Crippen LogP contribution < -0.4 is 26.6 Å². The van der Waals surface area contributed by atoms with E-state index in [0.29, 0.717) is 11.4 Å². The van der Waals surface area contributed by atoms with Crippen LogP contribution in [0.1, 0.15) is 5.56 Å². The first kappa shape index (κ1) is 13.0. The van der Waals surface area contributed by atoms with Crippen molar-refractivity contribution in [2.45, 2.75) is 6.92 Å².